The molecule has 2 aliphatic heterocycles. The molecule has 152 valence electrons. The lowest BCUT2D eigenvalue weighted by molar-refractivity contribution is -0.000494. The first-order valence-electron chi connectivity index (χ1n) is 11.1. The minimum absolute atomic E-state index is 0.0796. The highest BCUT2D eigenvalue weighted by atomic mass is 16.5. The number of carbonyl (C=O) groups is 1. The van der Waals surface area contributed by atoms with Gasteiger partial charge in [0.2, 0.25) is 5.89 Å². The van der Waals surface area contributed by atoms with E-state index in [9.17, 15) is 4.79 Å². The highest BCUT2D eigenvalue weighted by Gasteiger charge is 2.54. The van der Waals surface area contributed by atoms with Gasteiger partial charge in [0.1, 0.15) is 0 Å². The van der Waals surface area contributed by atoms with Crippen molar-refractivity contribution < 1.29 is 9.32 Å². The molecular formula is C23H28N4O2. The maximum absolute atomic E-state index is 13.2. The van der Waals surface area contributed by atoms with E-state index in [4.69, 9.17) is 9.51 Å². The number of benzene rings is 1. The summed E-state index contributed by atoms with van der Waals surface area (Å²) in [6, 6.07) is 11.0. The highest BCUT2D eigenvalue weighted by Crippen LogP contribution is 2.49. The first-order chi connectivity index (χ1) is 14.1. The molecule has 5 unspecified atom stereocenters. The van der Waals surface area contributed by atoms with E-state index in [1.807, 2.05) is 6.07 Å². The smallest absolute Gasteiger partial charge is 0.317 e. The van der Waals surface area contributed by atoms with Gasteiger partial charge in [-0.2, -0.15) is 4.98 Å². The molecule has 2 bridgehead atoms. The SMILES string of the molecule is CC1(c2nc(C3CC3)no2)CC2CCC1N(C(=O)NC1CC1c1ccccc1)C2. The fourth-order valence-electron chi connectivity index (χ4n) is 5.70. The van der Waals surface area contributed by atoms with Crippen LogP contribution in [0.1, 0.15) is 74.6 Å². The van der Waals surface area contributed by atoms with Crippen molar-refractivity contribution in [3.05, 3.63) is 47.6 Å². The molecule has 5 aliphatic rings. The van der Waals surface area contributed by atoms with E-state index in [0.717, 1.165) is 37.5 Å². The van der Waals surface area contributed by atoms with E-state index < -0.39 is 0 Å². The Morgan fingerprint density at radius 2 is 2.03 bits per heavy atom. The minimum Gasteiger partial charge on any atom is -0.339 e. The Morgan fingerprint density at radius 1 is 1.21 bits per heavy atom. The Balaban J connectivity index is 1.18. The molecular weight excluding hydrogens is 364 g/mol. The Labute approximate surface area is 171 Å². The van der Waals surface area contributed by atoms with Gasteiger partial charge in [-0.15, -0.1) is 0 Å². The van der Waals surface area contributed by atoms with Crippen molar-refractivity contribution >= 4 is 6.03 Å². The number of carbonyl (C=O) groups excluding carboxylic acids is 1. The summed E-state index contributed by atoms with van der Waals surface area (Å²) in [5, 5.41) is 7.55. The zero-order chi connectivity index (χ0) is 19.6. The van der Waals surface area contributed by atoms with Crippen molar-refractivity contribution in [1.82, 2.24) is 20.4 Å². The molecule has 3 saturated carbocycles. The highest BCUT2D eigenvalue weighted by molar-refractivity contribution is 5.76. The standard InChI is InChI=1S/C23H28N4O2/c1-23(21-25-20(26-29-21)16-8-9-16)12-14-7-10-19(23)27(13-14)22(28)24-18-11-17(18)15-5-3-2-4-6-15/h2-6,14,16-19H,7-13H2,1H3,(H,24,28). The molecule has 1 aromatic carbocycles. The van der Waals surface area contributed by atoms with Crippen LogP contribution in [0.15, 0.2) is 34.9 Å². The third-order valence-electron chi connectivity index (χ3n) is 7.59. The number of rotatable bonds is 4. The molecule has 5 fully saturated rings. The molecule has 2 aromatic rings. The molecule has 2 amide bonds. The van der Waals surface area contributed by atoms with Gasteiger partial charge in [0.25, 0.3) is 0 Å². The van der Waals surface area contributed by atoms with Gasteiger partial charge in [-0.05, 0) is 56.9 Å². The average molecular weight is 393 g/mol. The van der Waals surface area contributed by atoms with E-state index >= 15 is 0 Å². The molecule has 1 N–H and O–H groups in total. The lowest BCUT2D eigenvalue weighted by atomic mass is 9.63. The topological polar surface area (TPSA) is 71.3 Å². The Bertz CT molecular complexity index is 924. The summed E-state index contributed by atoms with van der Waals surface area (Å²) < 4.78 is 5.74. The van der Waals surface area contributed by atoms with Gasteiger partial charge >= 0.3 is 6.03 Å². The van der Waals surface area contributed by atoms with Crippen LogP contribution in [0.25, 0.3) is 0 Å². The monoisotopic (exact) mass is 392 g/mol. The van der Waals surface area contributed by atoms with Crippen molar-refractivity contribution in [3.63, 3.8) is 0 Å². The van der Waals surface area contributed by atoms with Crippen molar-refractivity contribution in [2.24, 2.45) is 5.92 Å². The molecule has 5 atom stereocenters. The van der Waals surface area contributed by atoms with Crippen LogP contribution in [0.2, 0.25) is 0 Å². The molecule has 3 heterocycles. The van der Waals surface area contributed by atoms with E-state index in [0.29, 0.717) is 17.8 Å². The van der Waals surface area contributed by atoms with Crippen LogP contribution in [0.4, 0.5) is 4.79 Å². The molecule has 29 heavy (non-hydrogen) atoms. The van der Waals surface area contributed by atoms with Crippen LogP contribution < -0.4 is 5.32 Å². The molecule has 2 saturated heterocycles. The second-order valence-electron chi connectivity index (χ2n) is 9.77. The number of nitrogens with zero attached hydrogens (tertiary/aromatic N) is 3. The van der Waals surface area contributed by atoms with Gasteiger partial charge in [0.15, 0.2) is 5.82 Å². The number of nitrogens with one attached hydrogen (secondary N) is 1. The van der Waals surface area contributed by atoms with Gasteiger partial charge in [-0.3, -0.25) is 0 Å². The maximum atomic E-state index is 13.2. The van der Waals surface area contributed by atoms with E-state index in [1.165, 1.54) is 24.8 Å². The normalized spacial score (nSPS) is 35.6. The summed E-state index contributed by atoms with van der Waals surface area (Å²) in [4.78, 5) is 20.0. The van der Waals surface area contributed by atoms with E-state index in [2.05, 4.69) is 46.6 Å². The lowest BCUT2D eigenvalue weighted by Crippen LogP contribution is -2.63. The van der Waals surface area contributed by atoms with Crippen LogP contribution in [-0.4, -0.2) is 39.7 Å². The molecule has 7 rings (SSSR count). The van der Waals surface area contributed by atoms with Crippen LogP contribution >= 0.6 is 0 Å². The molecule has 6 nitrogen and oxygen atoms in total. The maximum Gasteiger partial charge on any atom is 0.317 e. The number of aromatic nitrogens is 2. The average Bonchev–Trinajstić information content (AvgIpc) is 3.67. The predicted molar refractivity (Wildman–Crippen MR) is 108 cm³/mol. The van der Waals surface area contributed by atoms with Crippen LogP contribution in [0.3, 0.4) is 0 Å². The van der Waals surface area contributed by atoms with Crippen LogP contribution in [0, 0.1) is 5.92 Å². The lowest BCUT2D eigenvalue weighted by Gasteiger charge is -2.53. The third kappa shape index (κ3) is 2.95. The predicted octanol–water partition coefficient (Wildman–Crippen LogP) is 3.95. The number of amides is 2. The Morgan fingerprint density at radius 3 is 2.79 bits per heavy atom. The van der Waals surface area contributed by atoms with E-state index in [1.54, 1.807) is 0 Å². The molecule has 1 aromatic heterocycles. The van der Waals surface area contributed by atoms with Crippen molar-refractivity contribution in [2.45, 2.75) is 74.8 Å². The molecule has 6 heteroatoms. The Hall–Kier alpha value is -2.37. The van der Waals surface area contributed by atoms with Crippen molar-refractivity contribution in [1.29, 1.82) is 0 Å². The van der Waals surface area contributed by atoms with Crippen molar-refractivity contribution in [2.75, 3.05) is 6.54 Å². The zero-order valence-electron chi connectivity index (χ0n) is 16.9. The summed E-state index contributed by atoms with van der Waals surface area (Å²) in [6.07, 6.45) is 6.60. The molecule has 0 radical (unpaired) electrons. The number of urea groups is 1. The number of hydrogen-bond donors (Lipinski definition) is 1. The first kappa shape index (κ1) is 17.5. The molecule has 0 spiro atoms. The van der Waals surface area contributed by atoms with Crippen LogP contribution in [-0.2, 0) is 5.41 Å². The summed E-state index contributed by atoms with van der Waals surface area (Å²) in [7, 11) is 0. The van der Waals surface area contributed by atoms with Gasteiger partial charge in [-0.25, -0.2) is 4.79 Å². The minimum atomic E-state index is -0.235. The zero-order valence-corrected chi connectivity index (χ0v) is 16.9. The summed E-state index contributed by atoms with van der Waals surface area (Å²) in [6.45, 7) is 3.07. The number of piperidine rings is 2. The Kier molecular flexibility index (Phi) is 3.81. The second-order valence-corrected chi connectivity index (χ2v) is 9.77. The largest absolute Gasteiger partial charge is 0.339 e. The van der Waals surface area contributed by atoms with E-state index in [-0.39, 0.29) is 23.5 Å². The number of hydrogen-bond acceptors (Lipinski definition) is 4. The first-order valence-corrected chi connectivity index (χ1v) is 11.1. The van der Waals surface area contributed by atoms with Crippen LogP contribution in [0.5, 0.6) is 0 Å². The van der Waals surface area contributed by atoms with Gasteiger partial charge in [0.05, 0.1) is 5.41 Å². The summed E-state index contributed by atoms with van der Waals surface area (Å²) in [5.41, 5.74) is 1.09. The van der Waals surface area contributed by atoms with Crippen molar-refractivity contribution in [3.8, 4) is 0 Å². The van der Waals surface area contributed by atoms with Gasteiger partial charge in [0, 0.05) is 30.5 Å². The number of fused-ring (bicyclic) bond motifs is 3. The third-order valence-corrected chi connectivity index (χ3v) is 7.59. The second kappa shape index (κ2) is 6.31. The quantitative estimate of drug-likeness (QED) is 0.855. The fraction of sp³-hybridized carbons (Fsp3) is 0.609. The fourth-order valence-corrected chi connectivity index (χ4v) is 5.70. The summed E-state index contributed by atoms with van der Waals surface area (Å²) >= 11 is 0. The molecule has 3 aliphatic carbocycles. The van der Waals surface area contributed by atoms with Gasteiger partial charge < -0.3 is 14.7 Å². The van der Waals surface area contributed by atoms with Gasteiger partial charge in [-0.1, -0.05) is 35.5 Å². The summed E-state index contributed by atoms with van der Waals surface area (Å²) in [5.74, 6) is 3.05.